The highest BCUT2D eigenvalue weighted by atomic mass is 16.5. The van der Waals surface area contributed by atoms with E-state index in [1.807, 2.05) is 36.4 Å². The van der Waals surface area contributed by atoms with Gasteiger partial charge in [0.25, 0.3) is 0 Å². The SMILES string of the molecule is CCCCCCCCCC(=O)Oc1c2ccccc2c(OC(=O)CCCCCCCCC)c2c(CC)cccc12. The zero-order valence-corrected chi connectivity index (χ0v) is 25.2. The number of fused-ring (bicyclic) bond motifs is 2. The Labute approximate surface area is 241 Å². The molecule has 0 saturated heterocycles. The molecule has 40 heavy (non-hydrogen) atoms. The Morgan fingerprint density at radius 3 is 1.50 bits per heavy atom. The molecule has 0 radical (unpaired) electrons. The maximum atomic E-state index is 13.0. The Morgan fingerprint density at radius 2 is 0.975 bits per heavy atom. The van der Waals surface area contributed by atoms with E-state index in [1.54, 1.807) is 0 Å². The number of esters is 2. The second kappa shape index (κ2) is 17.7. The van der Waals surface area contributed by atoms with Gasteiger partial charge in [0.1, 0.15) is 11.5 Å². The fourth-order valence-electron chi connectivity index (χ4n) is 5.51. The van der Waals surface area contributed by atoms with Gasteiger partial charge in [-0.15, -0.1) is 0 Å². The van der Waals surface area contributed by atoms with Crippen LogP contribution < -0.4 is 9.47 Å². The Kier molecular flexibility index (Phi) is 14.0. The van der Waals surface area contributed by atoms with Crippen molar-refractivity contribution >= 4 is 33.5 Å². The van der Waals surface area contributed by atoms with Crippen LogP contribution in [0.25, 0.3) is 21.5 Å². The molecule has 3 aromatic rings. The van der Waals surface area contributed by atoms with Gasteiger partial charge in [0.05, 0.1) is 0 Å². The molecule has 0 aliphatic carbocycles. The van der Waals surface area contributed by atoms with Crippen LogP contribution in [0.5, 0.6) is 11.5 Å². The summed E-state index contributed by atoms with van der Waals surface area (Å²) in [5, 5.41) is 3.30. The summed E-state index contributed by atoms with van der Waals surface area (Å²) in [6.07, 6.45) is 17.8. The van der Waals surface area contributed by atoms with E-state index in [0.717, 1.165) is 72.1 Å². The summed E-state index contributed by atoms with van der Waals surface area (Å²) < 4.78 is 12.2. The minimum atomic E-state index is -0.203. The predicted octanol–water partition coefficient (Wildman–Crippen LogP) is 10.6. The summed E-state index contributed by atoms with van der Waals surface area (Å²) in [4.78, 5) is 26.0. The minimum Gasteiger partial charge on any atom is -0.425 e. The van der Waals surface area contributed by atoms with E-state index in [9.17, 15) is 9.59 Å². The lowest BCUT2D eigenvalue weighted by Crippen LogP contribution is -2.11. The van der Waals surface area contributed by atoms with E-state index < -0.39 is 0 Å². The molecule has 0 fully saturated rings. The van der Waals surface area contributed by atoms with Crippen molar-refractivity contribution in [3.8, 4) is 11.5 Å². The number of rotatable bonds is 19. The van der Waals surface area contributed by atoms with E-state index >= 15 is 0 Å². The smallest absolute Gasteiger partial charge is 0.311 e. The van der Waals surface area contributed by atoms with Crippen molar-refractivity contribution in [3.63, 3.8) is 0 Å². The molecule has 0 bridgehead atoms. The van der Waals surface area contributed by atoms with Crippen LogP contribution in [-0.4, -0.2) is 11.9 Å². The molecule has 0 atom stereocenters. The van der Waals surface area contributed by atoms with Gasteiger partial charge in [-0.3, -0.25) is 9.59 Å². The molecule has 0 aliphatic rings. The molecule has 0 saturated carbocycles. The number of benzene rings is 3. The standard InChI is InChI=1S/C36H50O4/c1-4-7-9-11-13-15-17-26-32(37)39-35-29-23-19-20-24-30(29)36(34-28(6-3)22-21-25-31(34)35)40-33(38)27-18-16-14-12-10-8-5-2/h19-25H,4-18,26-27H2,1-3H3. The number of unbranched alkanes of at least 4 members (excludes halogenated alkanes) is 12. The second-order valence-corrected chi connectivity index (χ2v) is 11.1. The van der Waals surface area contributed by atoms with E-state index in [0.29, 0.717) is 24.3 Å². The first kappa shape index (κ1) is 31.6. The zero-order chi connectivity index (χ0) is 28.6. The van der Waals surface area contributed by atoms with Gasteiger partial charge in [-0.25, -0.2) is 0 Å². The van der Waals surface area contributed by atoms with Crippen LogP contribution in [0, 0.1) is 0 Å². The third-order valence-corrected chi connectivity index (χ3v) is 7.82. The largest absolute Gasteiger partial charge is 0.425 e. The van der Waals surface area contributed by atoms with Crippen molar-refractivity contribution in [2.75, 3.05) is 0 Å². The number of carbonyl (C=O) groups is 2. The minimum absolute atomic E-state index is 0.199. The lowest BCUT2D eigenvalue weighted by atomic mass is 9.96. The predicted molar refractivity (Wildman–Crippen MR) is 167 cm³/mol. The quantitative estimate of drug-likeness (QED) is 0.0649. The van der Waals surface area contributed by atoms with Crippen LogP contribution >= 0.6 is 0 Å². The van der Waals surface area contributed by atoms with E-state index in [1.165, 1.54) is 51.4 Å². The van der Waals surface area contributed by atoms with Crippen molar-refractivity contribution in [1.29, 1.82) is 0 Å². The molecular formula is C36H50O4. The highest BCUT2D eigenvalue weighted by Gasteiger charge is 2.21. The second-order valence-electron chi connectivity index (χ2n) is 11.1. The van der Waals surface area contributed by atoms with Crippen molar-refractivity contribution in [1.82, 2.24) is 0 Å². The van der Waals surface area contributed by atoms with Gasteiger partial charge < -0.3 is 9.47 Å². The lowest BCUT2D eigenvalue weighted by molar-refractivity contribution is -0.135. The van der Waals surface area contributed by atoms with Crippen molar-refractivity contribution in [3.05, 3.63) is 48.0 Å². The van der Waals surface area contributed by atoms with Crippen molar-refractivity contribution in [2.24, 2.45) is 0 Å². The maximum absolute atomic E-state index is 13.0. The maximum Gasteiger partial charge on any atom is 0.311 e. The van der Waals surface area contributed by atoms with Gasteiger partial charge in [-0.2, -0.15) is 0 Å². The molecule has 218 valence electrons. The summed E-state index contributed by atoms with van der Waals surface area (Å²) in [7, 11) is 0. The van der Waals surface area contributed by atoms with Crippen LogP contribution in [0.15, 0.2) is 42.5 Å². The molecule has 3 aromatic carbocycles. The van der Waals surface area contributed by atoms with Gasteiger partial charge >= 0.3 is 11.9 Å². The summed E-state index contributed by atoms with van der Waals surface area (Å²) in [5.41, 5.74) is 1.08. The number of hydrogen-bond donors (Lipinski definition) is 0. The van der Waals surface area contributed by atoms with Crippen LogP contribution in [0.3, 0.4) is 0 Å². The highest BCUT2D eigenvalue weighted by molar-refractivity contribution is 6.13. The van der Waals surface area contributed by atoms with Gasteiger partial charge in [0.15, 0.2) is 0 Å². The Morgan fingerprint density at radius 1 is 0.525 bits per heavy atom. The van der Waals surface area contributed by atoms with Crippen LogP contribution in [0.2, 0.25) is 0 Å². The van der Waals surface area contributed by atoms with Gasteiger partial charge in [0.2, 0.25) is 0 Å². The molecule has 0 unspecified atom stereocenters. The summed E-state index contributed by atoms with van der Waals surface area (Å²) >= 11 is 0. The molecule has 4 heteroatoms. The number of aryl methyl sites for hydroxylation is 1. The molecule has 0 aromatic heterocycles. The first-order valence-corrected chi connectivity index (χ1v) is 16.0. The number of hydrogen-bond acceptors (Lipinski definition) is 4. The van der Waals surface area contributed by atoms with E-state index in [4.69, 9.17) is 9.47 Å². The normalized spacial score (nSPS) is 11.3. The topological polar surface area (TPSA) is 52.6 Å². The third-order valence-electron chi connectivity index (χ3n) is 7.82. The summed E-state index contributed by atoms with van der Waals surface area (Å²) in [5.74, 6) is 0.754. The van der Waals surface area contributed by atoms with E-state index in [2.05, 4.69) is 26.8 Å². The average molecular weight is 547 g/mol. The molecule has 0 N–H and O–H groups in total. The zero-order valence-electron chi connectivity index (χ0n) is 25.2. The first-order valence-electron chi connectivity index (χ1n) is 16.0. The fourth-order valence-corrected chi connectivity index (χ4v) is 5.51. The molecule has 0 heterocycles. The van der Waals surface area contributed by atoms with Crippen molar-refractivity contribution < 1.29 is 19.1 Å². The summed E-state index contributed by atoms with van der Waals surface area (Å²) in [6, 6.07) is 13.8. The fraction of sp³-hybridized carbons (Fsp3) is 0.556. The average Bonchev–Trinajstić information content (AvgIpc) is 2.97. The van der Waals surface area contributed by atoms with Crippen LogP contribution in [0.4, 0.5) is 0 Å². The van der Waals surface area contributed by atoms with Gasteiger partial charge in [0, 0.05) is 34.4 Å². The molecule has 0 aliphatic heterocycles. The van der Waals surface area contributed by atoms with Crippen LogP contribution in [0.1, 0.15) is 129 Å². The van der Waals surface area contributed by atoms with Crippen molar-refractivity contribution in [2.45, 2.75) is 130 Å². The first-order chi connectivity index (χ1) is 19.6. The van der Waals surface area contributed by atoms with Gasteiger partial charge in [-0.1, -0.05) is 140 Å². The highest BCUT2D eigenvalue weighted by Crippen LogP contribution is 2.44. The van der Waals surface area contributed by atoms with Crippen LogP contribution in [-0.2, 0) is 16.0 Å². The van der Waals surface area contributed by atoms with Gasteiger partial charge in [-0.05, 0) is 24.8 Å². The number of ether oxygens (including phenoxy) is 2. The molecule has 0 amide bonds. The lowest BCUT2D eigenvalue weighted by Gasteiger charge is -2.18. The third kappa shape index (κ3) is 9.35. The Bertz CT molecular complexity index is 1210. The molecule has 0 spiro atoms. The molecule has 3 rings (SSSR count). The summed E-state index contributed by atoms with van der Waals surface area (Å²) in [6.45, 7) is 6.54. The Balaban J connectivity index is 1.78. The molecule has 4 nitrogen and oxygen atoms in total. The monoisotopic (exact) mass is 546 g/mol. The van der Waals surface area contributed by atoms with E-state index in [-0.39, 0.29) is 11.9 Å². The number of carbonyl (C=O) groups excluding carboxylic acids is 2. The Hall–Kier alpha value is -2.88. The molecular weight excluding hydrogens is 496 g/mol.